The summed E-state index contributed by atoms with van der Waals surface area (Å²) in [4.78, 5) is 18.8. The molecule has 0 aliphatic heterocycles. The molecule has 0 saturated heterocycles. The Balaban J connectivity index is 2.24. The van der Waals surface area contributed by atoms with Crippen LogP contribution in [0.4, 0.5) is 4.39 Å². The van der Waals surface area contributed by atoms with Crippen molar-refractivity contribution >= 4 is 16.9 Å². The molecule has 0 fully saturated rings. The second-order valence-electron chi connectivity index (χ2n) is 4.26. The molecule has 0 unspecified atom stereocenters. The minimum atomic E-state index is -1.02. The fraction of sp³-hybridized carbons (Fsp3) is 0. The van der Waals surface area contributed by atoms with Gasteiger partial charge in [-0.2, -0.15) is 4.39 Å². The number of benzene rings is 1. The molecule has 0 aliphatic rings. The van der Waals surface area contributed by atoms with Gasteiger partial charge in [-0.25, -0.2) is 9.78 Å². The van der Waals surface area contributed by atoms with Gasteiger partial charge in [0, 0.05) is 23.8 Å². The van der Waals surface area contributed by atoms with E-state index in [0.29, 0.717) is 22.0 Å². The molecule has 4 nitrogen and oxygen atoms in total. The number of rotatable bonds is 2. The normalized spacial score (nSPS) is 10.7. The molecule has 1 aromatic carbocycles. The topological polar surface area (TPSA) is 63.1 Å². The molecule has 3 aromatic rings. The number of carboxylic acid groups (broad SMARTS) is 1. The Kier molecular flexibility index (Phi) is 2.87. The molecule has 0 aliphatic carbocycles. The van der Waals surface area contributed by atoms with Crippen LogP contribution in [-0.2, 0) is 0 Å². The molecular weight excluding hydrogens is 259 g/mol. The van der Waals surface area contributed by atoms with Crippen molar-refractivity contribution in [2.45, 2.75) is 0 Å². The molecule has 2 heterocycles. The van der Waals surface area contributed by atoms with E-state index in [1.807, 2.05) is 0 Å². The maximum atomic E-state index is 13.2. The number of fused-ring (bicyclic) bond motifs is 1. The number of hydrogen-bond donors (Lipinski definition) is 1. The summed E-state index contributed by atoms with van der Waals surface area (Å²) in [5, 5.41) is 9.71. The summed E-state index contributed by atoms with van der Waals surface area (Å²) < 4.78 is 13.2. The molecule has 0 radical (unpaired) electrons. The molecule has 2 aromatic heterocycles. The first-order valence-corrected chi connectivity index (χ1v) is 5.89. The molecule has 1 N–H and O–H groups in total. The smallest absolute Gasteiger partial charge is 0.336 e. The summed E-state index contributed by atoms with van der Waals surface area (Å²) >= 11 is 0. The Bertz CT molecular complexity index is 818. The van der Waals surface area contributed by atoms with Crippen LogP contribution in [-0.4, -0.2) is 21.0 Å². The summed E-state index contributed by atoms with van der Waals surface area (Å²) in [6.45, 7) is 0. The molecule has 0 amide bonds. The van der Waals surface area contributed by atoms with Crippen molar-refractivity contribution in [1.82, 2.24) is 9.97 Å². The van der Waals surface area contributed by atoms with Crippen molar-refractivity contribution in [2.24, 2.45) is 0 Å². The highest BCUT2D eigenvalue weighted by Crippen LogP contribution is 2.25. The predicted octanol–water partition coefficient (Wildman–Crippen LogP) is 3.13. The van der Waals surface area contributed by atoms with Crippen molar-refractivity contribution in [1.29, 1.82) is 0 Å². The summed E-state index contributed by atoms with van der Waals surface area (Å²) in [7, 11) is 0. The highest BCUT2D eigenvalue weighted by molar-refractivity contribution is 6.03. The highest BCUT2D eigenvalue weighted by atomic mass is 19.1. The van der Waals surface area contributed by atoms with E-state index in [0.717, 1.165) is 0 Å². The third kappa shape index (κ3) is 2.09. The average molecular weight is 268 g/mol. The Hall–Kier alpha value is -2.82. The molecule has 0 spiro atoms. The lowest BCUT2D eigenvalue weighted by atomic mass is 10.0. The summed E-state index contributed by atoms with van der Waals surface area (Å²) in [6, 6.07) is 9.60. The largest absolute Gasteiger partial charge is 0.478 e. The minimum absolute atomic E-state index is 0.173. The van der Waals surface area contributed by atoms with Gasteiger partial charge in [0.2, 0.25) is 5.95 Å². The van der Waals surface area contributed by atoms with Crippen LogP contribution in [0.3, 0.4) is 0 Å². The lowest BCUT2D eigenvalue weighted by Crippen LogP contribution is -1.98. The number of carboxylic acids is 1. The van der Waals surface area contributed by atoms with Gasteiger partial charge in [0.25, 0.3) is 0 Å². The van der Waals surface area contributed by atoms with Crippen LogP contribution in [0.15, 0.2) is 48.8 Å². The van der Waals surface area contributed by atoms with E-state index in [1.54, 1.807) is 24.3 Å². The van der Waals surface area contributed by atoms with Gasteiger partial charge in [0.05, 0.1) is 11.1 Å². The third-order valence-corrected chi connectivity index (χ3v) is 3.03. The monoisotopic (exact) mass is 268 g/mol. The molecule has 0 atom stereocenters. The maximum absolute atomic E-state index is 13.2. The molecule has 98 valence electrons. The standard InChI is InChI=1S/C15H9FN2O2/c16-14-8-10(3-5-18-14)9-1-2-13-12(7-9)11(15(19)20)4-6-17-13/h1-8H,(H,19,20). The number of nitrogens with zero attached hydrogens (tertiary/aromatic N) is 2. The van der Waals surface area contributed by atoms with Gasteiger partial charge in [-0.15, -0.1) is 0 Å². The van der Waals surface area contributed by atoms with Crippen molar-refractivity contribution in [3.8, 4) is 11.1 Å². The Morgan fingerprint density at radius 2 is 1.75 bits per heavy atom. The predicted molar refractivity (Wildman–Crippen MR) is 71.9 cm³/mol. The molecule has 5 heteroatoms. The van der Waals surface area contributed by atoms with Crippen molar-refractivity contribution in [3.05, 3.63) is 60.3 Å². The van der Waals surface area contributed by atoms with Gasteiger partial charge in [-0.05, 0) is 35.4 Å². The van der Waals surface area contributed by atoms with Crippen LogP contribution in [0.1, 0.15) is 10.4 Å². The lowest BCUT2D eigenvalue weighted by Gasteiger charge is -2.06. The highest BCUT2D eigenvalue weighted by Gasteiger charge is 2.10. The molecule has 0 saturated carbocycles. The first-order valence-electron chi connectivity index (χ1n) is 5.89. The first-order chi connectivity index (χ1) is 9.65. The number of aromatic carboxylic acids is 1. The Labute approximate surface area is 113 Å². The number of aromatic nitrogens is 2. The van der Waals surface area contributed by atoms with Gasteiger partial charge < -0.3 is 5.11 Å². The van der Waals surface area contributed by atoms with Crippen LogP contribution in [0, 0.1) is 5.95 Å². The SMILES string of the molecule is O=C(O)c1ccnc2ccc(-c3ccnc(F)c3)cc12. The minimum Gasteiger partial charge on any atom is -0.478 e. The Morgan fingerprint density at radius 1 is 1.00 bits per heavy atom. The molecule has 0 bridgehead atoms. The number of halogens is 1. The quantitative estimate of drug-likeness (QED) is 0.725. The van der Waals surface area contributed by atoms with E-state index in [4.69, 9.17) is 0 Å². The summed E-state index contributed by atoms with van der Waals surface area (Å²) in [5.41, 5.74) is 2.11. The third-order valence-electron chi connectivity index (χ3n) is 3.03. The van der Waals surface area contributed by atoms with Gasteiger partial charge in [-0.1, -0.05) is 6.07 Å². The first kappa shape index (κ1) is 12.2. The van der Waals surface area contributed by atoms with Gasteiger partial charge >= 0.3 is 5.97 Å². The van der Waals surface area contributed by atoms with Crippen LogP contribution < -0.4 is 0 Å². The second kappa shape index (κ2) is 4.70. The lowest BCUT2D eigenvalue weighted by molar-refractivity contribution is 0.0699. The molecular formula is C15H9FN2O2. The summed E-state index contributed by atoms with van der Waals surface area (Å²) in [5.74, 6) is -1.59. The van der Waals surface area contributed by atoms with E-state index in [2.05, 4.69) is 9.97 Å². The fourth-order valence-electron chi connectivity index (χ4n) is 2.09. The Morgan fingerprint density at radius 3 is 2.50 bits per heavy atom. The zero-order valence-corrected chi connectivity index (χ0v) is 10.2. The van der Waals surface area contributed by atoms with Crippen LogP contribution in [0.2, 0.25) is 0 Å². The van der Waals surface area contributed by atoms with E-state index < -0.39 is 11.9 Å². The van der Waals surface area contributed by atoms with Gasteiger partial charge in [0.1, 0.15) is 0 Å². The van der Waals surface area contributed by atoms with Crippen LogP contribution in [0.25, 0.3) is 22.0 Å². The van der Waals surface area contributed by atoms with Gasteiger partial charge in [0.15, 0.2) is 0 Å². The van der Waals surface area contributed by atoms with Crippen molar-refractivity contribution < 1.29 is 14.3 Å². The van der Waals surface area contributed by atoms with Crippen LogP contribution >= 0.6 is 0 Å². The average Bonchev–Trinajstić information content (AvgIpc) is 2.46. The van der Waals surface area contributed by atoms with Crippen LogP contribution in [0.5, 0.6) is 0 Å². The van der Waals surface area contributed by atoms with E-state index >= 15 is 0 Å². The van der Waals surface area contributed by atoms with E-state index in [-0.39, 0.29) is 5.56 Å². The maximum Gasteiger partial charge on any atom is 0.336 e. The molecule has 3 rings (SSSR count). The number of hydrogen-bond acceptors (Lipinski definition) is 3. The van der Waals surface area contributed by atoms with E-state index in [1.165, 1.54) is 24.5 Å². The number of carbonyl (C=O) groups is 1. The van der Waals surface area contributed by atoms with E-state index in [9.17, 15) is 14.3 Å². The summed E-state index contributed by atoms with van der Waals surface area (Å²) in [6.07, 6.45) is 2.83. The fourth-order valence-corrected chi connectivity index (χ4v) is 2.09. The zero-order chi connectivity index (χ0) is 14.1. The van der Waals surface area contributed by atoms with Crippen molar-refractivity contribution in [3.63, 3.8) is 0 Å². The number of pyridine rings is 2. The van der Waals surface area contributed by atoms with Gasteiger partial charge in [-0.3, -0.25) is 4.98 Å². The van der Waals surface area contributed by atoms with Crippen molar-refractivity contribution in [2.75, 3.05) is 0 Å². The molecule has 20 heavy (non-hydrogen) atoms. The second-order valence-corrected chi connectivity index (χ2v) is 4.26. The zero-order valence-electron chi connectivity index (χ0n) is 10.2.